The van der Waals surface area contributed by atoms with Crippen LogP contribution in [0.4, 0.5) is 16.6 Å². The SMILES string of the molecule is Cc1c(OC2CCC(CCCN3CCN(c4ccc5c(C6CCC(=O)NC6=O)nn(C)c5c4)CC3)CC2)cccc1-c1ccc(N2CCc3cccc(C(=O)Nc4nc5ccccc5s4)c3C2)nc1C(O)O. The van der Waals surface area contributed by atoms with E-state index in [2.05, 4.69) is 54.6 Å². The van der Waals surface area contributed by atoms with E-state index >= 15 is 0 Å². The summed E-state index contributed by atoms with van der Waals surface area (Å²) in [7, 11) is 1.92. The molecule has 3 aliphatic heterocycles. The Hall–Kier alpha value is -6.72. The molecule has 4 N–H and O–H groups in total. The van der Waals surface area contributed by atoms with Crippen molar-refractivity contribution in [3.63, 3.8) is 0 Å². The van der Waals surface area contributed by atoms with E-state index in [0.717, 1.165) is 113 Å². The molecule has 7 aromatic rings. The number of hydrogen-bond donors (Lipinski definition) is 4. The van der Waals surface area contributed by atoms with Gasteiger partial charge in [-0.1, -0.05) is 47.7 Å². The Balaban J connectivity index is 0.663. The van der Waals surface area contributed by atoms with Crippen molar-refractivity contribution in [2.45, 2.75) is 89.6 Å². The highest BCUT2D eigenvalue weighted by Gasteiger charge is 2.33. The molecule has 0 spiro atoms. The third-order valence-corrected chi connectivity index (χ3v) is 16.4. The highest BCUT2D eigenvalue weighted by atomic mass is 32.1. The van der Waals surface area contributed by atoms with E-state index in [-0.39, 0.29) is 29.5 Å². The number of ether oxygens (including phenoxy) is 1. The summed E-state index contributed by atoms with van der Waals surface area (Å²) in [6.45, 7) is 8.20. The van der Waals surface area contributed by atoms with Gasteiger partial charge in [-0.15, -0.1) is 0 Å². The second-order valence-corrected chi connectivity index (χ2v) is 20.9. The van der Waals surface area contributed by atoms with Gasteiger partial charge in [-0.05, 0) is 148 Å². The van der Waals surface area contributed by atoms with Crippen LogP contribution in [-0.4, -0.2) is 98.0 Å². The number of carbonyl (C=O) groups is 3. The number of fused-ring (bicyclic) bond motifs is 3. The maximum atomic E-state index is 13.7. The van der Waals surface area contributed by atoms with Crippen LogP contribution in [0.3, 0.4) is 0 Å². The molecule has 6 heterocycles. The van der Waals surface area contributed by atoms with Gasteiger partial charge in [0.15, 0.2) is 11.4 Å². The van der Waals surface area contributed by atoms with Crippen LogP contribution in [-0.2, 0) is 29.6 Å². The molecule has 3 amide bonds. The number of aryl methyl sites for hydroxylation is 1. The van der Waals surface area contributed by atoms with E-state index < -0.39 is 12.2 Å². The zero-order chi connectivity index (χ0) is 49.5. The van der Waals surface area contributed by atoms with Crippen molar-refractivity contribution >= 4 is 66.8 Å². The molecule has 3 aromatic heterocycles. The van der Waals surface area contributed by atoms with Crippen LogP contribution in [0, 0.1) is 12.8 Å². The molecule has 15 nitrogen and oxygen atoms in total. The lowest BCUT2D eigenvalue weighted by atomic mass is 9.84. The predicted molar refractivity (Wildman–Crippen MR) is 280 cm³/mol. The summed E-state index contributed by atoms with van der Waals surface area (Å²) in [5, 5.41) is 33.2. The molecule has 4 aliphatic rings. The average molecular weight is 988 g/mol. The molecule has 11 rings (SSSR count). The highest BCUT2D eigenvalue weighted by molar-refractivity contribution is 7.22. The topological polar surface area (TPSA) is 178 Å². The number of aliphatic hydroxyl groups is 2. The number of para-hydroxylation sites is 1. The van der Waals surface area contributed by atoms with Crippen LogP contribution < -0.4 is 25.2 Å². The third-order valence-electron chi connectivity index (χ3n) is 15.4. The summed E-state index contributed by atoms with van der Waals surface area (Å²) in [5.74, 6) is 1.01. The van der Waals surface area contributed by atoms with Crippen molar-refractivity contribution in [2.75, 3.05) is 54.4 Å². The second-order valence-electron chi connectivity index (χ2n) is 19.9. The maximum absolute atomic E-state index is 13.7. The lowest BCUT2D eigenvalue weighted by molar-refractivity contribution is -0.134. The molecule has 72 heavy (non-hydrogen) atoms. The van der Waals surface area contributed by atoms with Gasteiger partial charge in [0.25, 0.3) is 5.91 Å². The van der Waals surface area contributed by atoms with Crippen molar-refractivity contribution in [3.05, 3.63) is 125 Å². The van der Waals surface area contributed by atoms with Gasteiger partial charge >= 0.3 is 0 Å². The molecule has 2 saturated heterocycles. The normalized spacial score (nSPS) is 19.8. The number of imide groups is 1. The molecular formula is C56H61N9O6S. The van der Waals surface area contributed by atoms with Crippen LogP contribution in [0.5, 0.6) is 5.75 Å². The van der Waals surface area contributed by atoms with E-state index in [0.29, 0.717) is 60.3 Å². The number of benzene rings is 4. The number of nitrogens with zero attached hydrogens (tertiary/aromatic N) is 7. The first kappa shape index (κ1) is 47.6. The van der Waals surface area contributed by atoms with Gasteiger partial charge < -0.3 is 24.7 Å². The number of pyridine rings is 1. The third kappa shape index (κ3) is 9.80. The smallest absolute Gasteiger partial charge is 0.257 e. The van der Waals surface area contributed by atoms with E-state index in [1.807, 2.05) is 85.4 Å². The van der Waals surface area contributed by atoms with Gasteiger partial charge in [0, 0.05) is 74.9 Å². The van der Waals surface area contributed by atoms with E-state index in [1.165, 1.54) is 29.9 Å². The fourth-order valence-corrected chi connectivity index (χ4v) is 12.3. The molecule has 16 heteroatoms. The first-order valence-corrected chi connectivity index (χ1v) is 26.3. The molecular weight excluding hydrogens is 927 g/mol. The Labute approximate surface area is 422 Å². The summed E-state index contributed by atoms with van der Waals surface area (Å²) in [5.41, 5.74) is 8.97. The summed E-state index contributed by atoms with van der Waals surface area (Å²) >= 11 is 1.45. The van der Waals surface area contributed by atoms with Crippen LogP contribution in [0.1, 0.15) is 102 Å². The van der Waals surface area contributed by atoms with E-state index in [1.54, 1.807) is 0 Å². The lowest BCUT2D eigenvalue weighted by Crippen LogP contribution is -2.46. The number of thiazole rings is 1. The monoisotopic (exact) mass is 987 g/mol. The summed E-state index contributed by atoms with van der Waals surface area (Å²) in [6.07, 6.45) is 6.55. The molecule has 1 saturated carbocycles. The minimum absolute atomic E-state index is 0.122. The van der Waals surface area contributed by atoms with E-state index in [9.17, 15) is 24.6 Å². The summed E-state index contributed by atoms with van der Waals surface area (Å²) in [4.78, 5) is 54.6. The van der Waals surface area contributed by atoms with Gasteiger partial charge in [0.2, 0.25) is 11.8 Å². The number of rotatable bonds is 13. The summed E-state index contributed by atoms with van der Waals surface area (Å²) in [6, 6.07) is 29.9. The van der Waals surface area contributed by atoms with Gasteiger partial charge in [-0.3, -0.25) is 34.6 Å². The van der Waals surface area contributed by atoms with Crippen LogP contribution in [0.25, 0.3) is 32.2 Å². The molecule has 0 bridgehead atoms. The molecule has 0 radical (unpaired) electrons. The second kappa shape index (κ2) is 20.4. The number of piperidine rings is 1. The van der Waals surface area contributed by atoms with Crippen LogP contribution >= 0.6 is 11.3 Å². The fourth-order valence-electron chi connectivity index (χ4n) is 11.4. The zero-order valence-corrected chi connectivity index (χ0v) is 41.7. The Morgan fingerprint density at radius 1 is 0.861 bits per heavy atom. The predicted octanol–water partition coefficient (Wildman–Crippen LogP) is 8.41. The molecule has 1 unspecified atom stereocenters. The number of aromatic nitrogens is 4. The number of piperazine rings is 1. The van der Waals surface area contributed by atoms with Gasteiger partial charge in [-0.25, -0.2) is 9.97 Å². The summed E-state index contributed by atoms with van der Waals surface area (Å²) < 4.78 is 9.58. The maximum Gasteiger partial charge on any atom is 0.257 e. The Kier molecular flexibility index (Phi) is 13.5. The largest absolute Gasteiger partial charge is 0.490 e. The molecule has 4 aromatic carbocycles. The molecule has 372 valence electrons. The number of hydrogen-bond acceptors (Lipinski definition) is 13. The van der Waals surface area contributed by atoms with Gasteiger partial charge in [0.1, 0.15) is 17.3 Å². The number of carbonyl (C=O) groups excluding carboxylic acids is 3. The number of aliphatic hydroxyl groups excluding tert-OH is 1. The minimum atomic E-state index is -1.80. The Bertz CT molecular complexity index is 3140. The van der Waals surface area contributed by atoms with Crippen LogP contribution in [0.2, 0.25) is 0 Å². The van der Waals surface area contributed by atoms with Crippen molar-refractivity contribution in [1.82, 2.24) is 30.0 Å². The average Bonchev–Trinajstić information content (AvgIpc) is 3.96. The van der Waals surface area contributed by atoms with Crippen LogP contribution in [0.15, 0.2) is 91.0 Å². The Morgan fingerprint density at radius 3 is 2.49 bits per heavy atom. The Morgan fingerprint density at radius 2 is 1.68 bits per heavy atom. The lowest BCUT2D eigenvalue weighted by Gasteiger charge is -2.36. The standard InChI is InChI=1S/C56H61N9O6S/c1-34-39(40-21-23-49(58-52(40)55(69)70)65-27-25-36-9-5-11-41(44(36)33-65)53(67)60-56-57-45-12-3-4-14-48(45)72-56)10-6-13-47(34)71-38-18-15-35(16-19-38)8-7-26-63-28-30-64(31-29-63)37-17-20-42-46(32-37)62(2)61-51(42)43-22-24-50(66)59-54(43)68/h3-6,9-14,17,20-21,23,32,35,38,43,55,69-70H,7-8,15-16,18-19,22,24-31,33H2,1-2H3,(H,57,60,67)(H,59,66,68). The number of nitrogens with one attached hydrogen (secondary N) is 2. The number of amides is 3. The van der Waals surface area contributed by atoms with Crippen molar-refractivity contribution in [3.8, 4) is 16.9 Å². The zero-order valence-electron chi connectivity index (χ0n) is 40.8. The van der Waals surface area contributed by atoms with Gasteiger partial charge in [0.05, 0.1) is 33.4 Å². The fraction of sp³-hybridized carbons (Fsp3) is 0.393. The first-order valence-electron chi connectivity index (χ1n) is 25.5. The van der Waals surface area contributed by atoms with Gasteiger partial charge in [-0.2, -0.15) is 5.10 Å². The number of anilines is 3. The first-order chi connectivity index (χ1) is 35.0. The molecule has 1 aliphatic carbocycles. The molecule has 3 fully saturated rings. The van der Waals surface area contributed by atoms with E-state index in [4.69, 9.17) is 14.8 Å². The minimum Gasteiger partial charge on any atom is -0.490 e. The molecule has 1 atom stereocenters. The highest BCUT2D eigenvalue weighted by Crippen LogP contribution is 2.39. The van der Waals surface area contributed by atoms with Crippen molar-refractivity contribution in [1.29, 1.82) is 0 Å². The van der Waals surface area contributed by atoms with Crippen molar-refractivity contribution < 1.29 is 29.3 Å². The quantitative estimate of drug-likeness (QED) is 0.0642. The van der Waals surface area contributed by atoms with Crippen molar-refractivity contribution in [2.24, 2.45) is 13.0 Å².